The highest BCUT2D eigenvalue weighted by molar-refractivity contribution is 5.92. The van der Waals surface area contributed by atoms with Gasteiger partial charge in [-0.3, -0.25) is 4.79 Å². The molecule has 1 amide bonds. The van der Waals surface area contributed by atoms with Gasteiger partial charge in [0.05, 0.1) is 19.0 Å². The highest BCUT2D eigenvalue weighted by atomic mass is 16.5. The lowest BCUT2D eigenvalue weighted by atomic mass is 9.87. The van der Waals surface area contributed by atoms with Crippen molar-refractivity contribution >= 4 is 5.91 Å². The van der Waals surface area contributed by atoms with Crippen molar-refractivity contribution in [1.82, 2.24) is 14.5 Å². The Morgan fingerprint density at radius 1 is 1.21 bits per heavy atom. The smallest absolute Gasteiger partial charge is 0.274 e. The first-order chi connectivity index (χ1) is 11.3. The van der Waals surface area contributed by atoms with Crippen molar-refractivity contribution in [3.8, 4) is 0 Å². The molecule has 0 bridgehead atoms. The van der Waals surface area contributed by atoms with Crippen molar-refractivity contribution in [3.05, 3.63) is 54.1 Å². The minimum absolute atomic E-state index is 0.0240. The van der Waals surface area contributed by atoms with Crippen molar-refractivity contribution in [1.29, 1.82) is 0 Å². The summed E-state index contributed by atoms with van der Waals surface area (Å²) >= 11 is 0. The summed E-state index contributed by atoms with van der Waals surface area (Å²) in [4.78, 5) is 18.9. The van der Waals surface area contributed by atoms with Gasteiger partial charge in [-0.25, -0.2) is 4.98 Å². The minimum atomic E-state index is -0.114. The largest absolute Gasteiger partial charge is 0.366 e. The van der Waals surface area contributed by atoms with Crippen molar-refractivity contribution in [2.45, 2.75) is 33.0 Å². The molecule has 24 heavy (non-hydrogen) atoms. The number of hydrogen-bond acceptors (Lipinski definition) is 3. The van der Waals surface area contributed by atoms with Crippen molar-refractivity contribution in [2.75, 3.05) is 13.1 Å². The monoisotopic (exact) mass is 327 g/mol. The number of imidazole rings is 1. The van der Waals surface area contributed by atoms with Gasteiger partial charge in [0.2, 0.25) is 0 Å². The molecule has 0 saturated carbocycles. The Labute approximate surface area is 143 Å². The zero-order valence-corrected chi connectivity index (χ0v) is 14.8. The van der Waals surface area contributed by atoms with Gasteiger partial charge >= 0.3 is 0 Å². The zero-order chi connectivity index (χ0) is 17.3. The molecule has 0 spiro atoms. The van der Waals surface area contributed by atoms with Crippen LogP contribution in [0.5, 0.6) is 0 Å². The zero-order valence-electron chi connectivity index (χ0n) is 14.8. The van der Waals surface area contributed by atoms with Crippen LogP contribution in [0.1, 0.15) is 42.9 Å². The van der Waals surface area contributed by atoms with Gasteiger partial charge < -0.3 is 14.2 Å². The van der Waals surface area contributed by atoms with Crippen LogP contribution in [-0.4, -0.2) is 39.6 Å². The van der Waals surface area contributed by atoms with E-state index >= 15 is 0 Å². The Morgan fingerprint density at radius 2 is 1.92 bits per heavy atom. The van der Waals surface area contributed by atoms with Crippen LogP contribution in [0.15, 0.2) is 42.9 Å². The maximum atomic E-state index is 12.9. The molecular formula is C19H25N3O2. The summed E-state index contributed by atoms with van der Waals surface area (Å²) in [6.45, 7) is 7.58. The SMILES string of the molecule is Cn1cnc(C(=O)N2C[C@@H](c3ccccc3)O[C@@H](C(C)(C)C)C2)c1. The number of ether oxygens (including phenoxy) is 1. The van der Waals surface area contributed by atoms with E-state index in [9.17, 15) is 4.79 Å². The molecule has 5 heteroatoms. The average Bonchev–Trinajstić information content (AvgIpc) is 3.00. The second-order valence-electron chi connectivity index (χ2n) is 7.52. The molecule has 1 saturated heterocycles. The fourth-order valence-corrected chi connectivity index (χ4v) is 2.94. The molecule has 1 aliphatic heterocycles. The molecule has 128 valence electrons. The third-order valence-electron chi connectivity index (χ3n) is 4.45. The van der Waals surface area contributed by atoms with E-state index in [1.54, 1.807) is 17.1 Å². The number of rotatable bonds is 2. The summed E-state index contributed by atoms with van der Waals surface area (Å²) in [5, 5.41) is 0. The number of carbonyl (C=O) groups is 1. The summed E-state index contributed by atoms with van der Waals surface area (Å²) in [6.07, 6.45) is 3.28. The number of benzene rings is 1. The van der Waals surface area contributed by atoms with Gasteiger partial charge in [-0.15, -0.1) is 0 Å². The third kappa shape index (κ3) is 3.51. The Balaban J connectivity index is 1.87. The van der Waals surface area contributed by atoms with Gasteiger partial charge in [-0.2, -0.15) is 0 Å². The molecule has 0 aliphatic carbocycles. The molecule has 0 N–H and O–H groups in total. The minimum Gasteiger partial charge on any atom is -0.366 e. The van der Waals surface area contributed by atoms with E-state index in [1.165, 1.54) is 0 Å². The van der Waals surface area contributed by atoms with Crippen LogP contribution in [-0.2, 0) is 11.8 Å². The highest BCUT2D eigenvalue weighted by Crippen LogP contribution is 2.33. The summed E-state index contributed by atoms with van der Waals surface area (Å²) in [6, 6.07) is 10.1. The third-order valence-corrected chi connectivity index (χ3v) is 4.45. The fourth-order valence-electron chi connectivity index (χ4n) is 2.94. The maximum absolute atomic E-state index is 12.9. The van der Waals surface area contributed by atoms with Crippen LogP contribution < -0.4 is 0 Å². The topological polar surface area (TPSA) is 47.4 Å². The van der Waals surface area contributed by atoms with E-state index in [4.69, 9.17) is 4.74 Å². The van der Waals surface area contributed by atoms with E-state index in [0.29, 0.717) is 18.8 Å². The van der Waals surface area contributed by atoms with Gasteiger partial charge in [0, 0.05) is 19.8 Å². The van der Waals surface area contributed by atoms with E-state index in [0.717, 1.165) is 5.56 Å². The van der Waals surface area contributed by atoms with Crippen molar-refractivity contribution in [2.24, 2.45) is 12.5 Å². The lowest BCUT2D eigenvalue weighted by molar-refractivity contribution is -0.119. The molecule has 3 rings (SSSR count). The van der Waals surface area contributed by atoms with Crippen molar-refractivity contribution in [3.63, 3.8) is 0 Å². The number of amides is 1. The number of morpholine rings is 1. The van der Waals surface area contributed by atoms with Crippen LogP contribution >= 0.6 is 0 Å². The predicted molar refractivity (Wildman–Crippen MR) is 92.6 cm³/mol. The molecule has 5 nitrogen and oxygen atoms in total. The summed E-state index contributed by atoms with van der Waals surface area (Å²) in [5.41, 5.74) is 1.54. The summed E-state index contributed by atoms with van der Waals surface area (Å²) < 4.78 is 8.13. The van der Waals surface area contributed by atoms with Gasteiger partial charge in [-0.1, -0.05) is 51.1 Å². The number of aromatic nitrogens is 2. The predicted octanol–water partition coefficient (Wildman–Crippen LogP) is 3.05. The molecular weight excluding hydrogens is 302 g/mol. The highest BCUT2D eigenvalue weighted by Gasteiger charge is 2.38. The first-order valence-corrected chi connectivity index (χ1v) is 8.32. The first kappa shape index (κ1) is 16.7. The molecule has 1 aromatic heterocycles. The fraction of sp³-hybridized carbons (Fsp3) is 0.474. The lowest BCUT2D eigenvalue weighted by Crippen LogP contribution is -2.51. The van der Waals surface area contributed by atoms with E-state index in [-0.39, 0.29) is 23.5 Å². The molecule has 2 heterocycles. The summed E-state index contributed by atoms with van der Waals surface area (Å²) in [7, 11) is 1.87. The molecule has 0 unspecified atom stereocenters. The molecule has 1 fully saturated rings. The van der Waals surface area contributed by atoms with Crippen LogP contribution in [0.2, 0.25) is 0 Å². The van der Waals surface area contributed by atoms with Crippen molar-refractivity contribution < 1.29 is 9.53 Å². The maximum Gasteiger partial charge on any atom is 0.274 e. The van der Waals surface area contributed by atoms with Crippen LogP contribution in [0, 0.1) is 5.41 Å². The Hall–Kier alpha value is -2.14. The number of aryl methyl sites for hydroxylation is 1. The number of nitrogens with zero attached hydrogens (tertiary/aromatic N) is 3. The van der Waals surface area contributed by atoms with Crippen LogP contribution in [0.4, 0.5) is 0 Å². The second-order valence-corrected chi connectivity index (χ2v) is 7.52. The molecule has 0 radical (unpaired) electrons. The molecule has 2 aromatic rings. The quantitative estimate of drug-likeness (QED) is 0.852. The van der Waals surface area contributed by atoms with Crippen LogP contribution in [0.25, 0.3) is 0 Å². The molecule has 2 atom stereocenters. The second kappa shape index (κ2) is 6.40. The van der Waals surface area contributed by atoms with E-state index in [2.05, 4.69) is 37.9 Å². The average molecular weight is 327 g/mol. The van der Waals surface area contributed by atoms with Gasteiger partial charge in [0.1, 0.15) is 11.8 Å². The standard InChI is InChI=1S/C19H25N3O2/c1-19(2,3)17-12-22(18(23)15-10-21(4)13-20-15)11-16(24-17)14-8-6-5-7-9-14/h5-10,13,16-17H,11-12H2,1-4H3/t16-,17+/m0/s1. The van der Waals surface area contributed by atoms with Crippen LogP contribution in [0.3, 0.4) is 0 Å². The lowest BCUT2D eigenvalue weighted by Gasteiger charge is -2.43. The Bertz CT molecular complexity index is 703. The Kier molecular flexibility index (Phi) is 4.45. The normalized spacial score (nSPS) is 21.8. The van der Waals surface area contributed by atoms with E-state index in [1.807, 2.05) is 30.1 Å². The van der Waals surface area contributed by atoms with Gasteiger partial charge in [0.15, 0.2) is 0 Å². The van der Waals surface area contributed by atoms with Gasteiger partial charge in [-0.05, 0) is 11.0 Å². The van der Waals surface area contributed by atoms with E-state index < -0.39 is 0 Å². The molecule has 1 aliphatic rings. The number of hydrogen-bond donors (Lipinski definition) is 0. The molecule has 1 aromatic carbocycles. The number of carbonyl (C=O) groups excluding carboxylic acids is 1. The Morgan fingerprint density at radius 3 is 2.50 bits per heavy atom. The first-order valence-electron chi connectivity index (χ1n) is 8.32. The summed E-state index contributed by atoms with van der Waals surface area (Å²) in [5.74, 6) is -0.0333. The van der Waals surface area contributed by atoms with Gasteiger partial charge in [0.25, 0.3) is 5.91 Å².